The molecular formula is C37H25NO2. The number of ether oxygens (including phenoxy) is 2. The van der Waals surface area contributed by atoms with Crippen LogP contribution in [0.3, 0.4) is 0 Å². The van der Waals surface area contributed by atoms with Gasteiger partial charge in [-0.05, 0) is 69.8 Å². The lowest BCUT2D eigenvalue weighted by molar-refractivity contribution is 0.360. The summed E-state index contributed by atoms with van der Waals surface area (Å²) >= 11 is 0. The Hall–Kier alpha value is -5.28. The van der Waals surface area contributed by atoms with Gasteiger partial charge >= 0.3 is 0 Å². The van der Waals surface area contributed by atoms with Crippen LogP contribution >= 0.6 is 0 Å². The molecule has 1 heterocycles. The summed E-state index contributed by atoms with van der Waals surface area (Å²) in [5.41, 5.74) is 9.12. The van der Waals surface area contributed by atoms with Gasteiger partial charge in [-0.25, -0.2) is 0 Å². The predicted octanol–water partition coefficient (Wildman–Crippen LogP) is 9.69. The van der Waals surface area contributed by atoms with Crippen molar-refractivity contribution < 1.29 is 9.47 Å². The summed E-state index contributed by atoms with van der Waals surface area (Å²) in [6.07, 6.45) is 0. The third-order valence-electron chi connectivity index (χ3n) is 7.98. The molecule has 3 heteroatoms. The van der Waals surface area contributed by atoms with E-state index in [0.29, 0.717) is 11.5 Å². The number of hydrogen-bond acceptors (Lipinski definition) is 3. The van der Waals surface area contributed by atoms with Gasteiger partial charge in [-0.1, -0.05) is 103 Å². The first-order chi connectivity index (χ1) is 19.8. The largest absolute Gasteiger partial charge is 0.450 e. The minimum absolute atomic E-state index is 0.428. The van der Waals surface area contributed by atoms with Crippen molar-refractivity contribution in [3.05, 3.63) is 168 Å². The Labute approximate surface area is 233 Å². The molecule has 6 aromatic rings. The molecule has 0 saturated heterocycles. The average Bonchev–Trinajstić information content (AvgIpc) is 3.31. The van der Waals surface area contributed by atoms with E-state index in [9.17, 15) is 0 Å². The number of benzene rings is 6. The van der Waals surface area contributed by atoms with Crippen LogP contribution in [-0.2, 0) is 5.41 Å². The fourth-order valence-corrected chi connectivity index (χ4v) is 6.29. The second-order valence-corrected chi connectivity index (χ2v) is 10.2. The molecule has 0 radical (unpaired) electrons. The zero-order valence-electron chi connectivity index (χ0n) is 21.7. The fraction of sp³-hybridized carbons (Fsp3) is 0.0270. The number of rotatable bonds is 4. The van der Waals surface area contributed by atoms with Gasteiger partial charge in [0, 0.05) is 17.4 Å². The normalized spacial score (nSPS) is 13.6. The number of fused-ring (bicyclic) bond motifs is 5. The maximum atomic E-state index is 6.16. The number of nitrogens with one attached hydrogen (secondary N) is 1. The van der Waals surface area contributed by atoms with Crippen molar-refractivity contribution in [2.24, 2.45) is 0 Å². The summed E-state index contributed by atoms with van der Waals surface area (Å²) in [5, 5.41) is 3.64. The van der Waals surface area contributed by atoms with E-state index in [0.717, 1.165) is 22.9 Å². The first kappa shape index (κ1) is 22.7. The Balaban J connectivity index is 1.26. The molecule has 1 N–H and O–H groups in total. The quantitative estimate of drug-likeness (QED) is 0.253. The summed E-state index contributed by atoms with van der Waals surface area (Å²) < 4.78 is 12.2. The zero-order chi connectivity index (χ0) is 26.5. The molecule has 3 nitrogen and oxygen atoms in total. The minimum atomic E-state index is -0.428. The van der Waals surface area contributed by atoms with E-state index in [1.807, 2.05) is 42.5 Å². The van der Waals surface area contributed by atoms with Crippen LogP contribution in [-0.4, -0.2) is 0 Å². The summed E-state index contributed by atoms with van der Waals surface area (Å²) in [5.74, 6) is 2.85. The lowest BCUT2D eigenvalue weighted by atomic mass is 9.67. The molecule has 0 unspecified atom stereocenters. The molecular weight excluding hydrogens is 490 g/mol. The van der Waals surface area contributed by atoms with Gasteiger partial charge in [-0.15, -0.1) is 0 Å². The summed E-state index contributed by atoms with van der Waals surface area (Å²) in [7, 11) is 0. The molecule has 2 aliphatic rings. The summed E-state index contributed by atoms with van der Waals surface area (Å²) in [6, 6.07) is 50.9. The van der Waals surface area contributed by atoms with E-state index < -0.39 is 5.41 Å². The third kappa shape index (κ3) is 3.38. The fourth-order valence-electron chi connectivity index (χ4n) is 6.29. The smallest absolute Gasteiger partial charge is 0.172 e. The van der Waals surface area contributed by atoms with Crippen LogP contribution in [0.1, 0.15) is 22.3 Å². The topological polar surface area (TPSA) is 30.5 Å². The van der Waals surface area contributed by atoms with Gasteiger partial charge < -0.3 is 14.8 Å². The lowest BCUT2D eigenvalue weighted by Crippen LogP contribution is -2.28. The molecule has 1 aliphatic carbocycles. The monoisotopic (exact) mass is 515 g/mol. The Morgan fingerprint density at radius 3 is 1.65 bits per heavy atom. The zero-order valence-corrected chi connectivity index (χ0v) is 21.7. The highest BCUT2D eigenvalue weighted by Gasteiger charge is 2.46. The van der Waals surface area contributed by atoms with Crippen LogP contribution in [0.2, 0.25) is 0 Å². The lowest BCUT2D eigenvalue weighted by Gasteiger charge is -2.34. The Bertz CT molecular complexity index is 1840. The molecule has 0 spiro atoms. The van der Waals surface area contributed by atoms with Crippen LogP contribution in [0.4, 0.5) is 11.4 Å². The highest BCUT2D eigenvalue weighted by molar-refractivity contribution is 5.88. The average molecular weight is 516 g/mol. The molecule has 0 bridgehead atoms. The van der Waals surface area contributed by atoms with Crippen molar-refractivity contribution in [2.75, 3.05) is 5.32 Å². The Morgan fingerprint density at radius 2 is 0.925 bits per heavy atom. The number of para-hydroxylation sites is 2. The van der Waals surface area contributed by atoms with E-state index in [-0.39, 0.29) is 0 Å². The molecule has 0 saturated carbocycles. The van der Waals surface area contributed by atoms with Crippen LogP contribution < -0.4 is 14.8 Å². The molecule has 1 aliphatic heterocycles. The SMILES string of the molecule is c1ccc(C2(c3ccccc3)c3ccccc3-c3ccc(Nc4ccc5c(c4)Oc4ccccc4O5)cc32)cc1. The Kier molecular flexibility index (Phi) is 5.04. The van der Waals surface area contributed by atoms with E-state index in [1.165, 1.54) is 33.4 Å². The minimum Gasteiger partial charge on any atom is -0.450 e. The number of hydrogen-bond donors (Lipinski definition) is 1. The van der Waals surface area contributed by atoms with Crippen LogP contribution in [0, 0.1) is 0 Å². The van der Waals surface area contributed by atoms with Crippen LogP contribution in [0.25, 0.3) is 11.1 Å². The molecule has 0 fully saturated rings. The third-order valence-corrected chi connectivity index (χ3v) is 7.98. The second kappa shape index (κ2) is 8.89. The Morgan fingerprint density at radius 1 is 0.400 bits per heavy atom. The van der Waals surface area contributed by atoms with Gasteiger partial charge in [0.15, 0.2) is 23.0 Å². The van der Waals surface area contributed by atoms with Gasteiger partial charge in [0.05, 0.1) is 5.41 Å². The van der Waals surface area contributed by atoms with Gasteiger partial charge in [0.1, 0.15) is 0 Å². The standard InChI is InChI=1S/C37H25NO2/c1-3-11-25(12-4-1)37(26-13-5-2-6-14-26)31-16-8-7-15-29(31)30-21-19-27(23-32(30)37)38-28-20-22-35-36(24-28)40-34-18-10-9-17-33(34)39-35/h1-24,38H. The maximum absolute atomic E-state index is 6.16. The molecule has 190 valence electrons. The molecule has 0 aromatic heterocycles. The first-order valence-electron chi connectivity index (χ1n) is 13.5. The van der Waals surface area contributed by atoms with Gasteiger partial charge in [0.2, 0.25) is 0 Å². The van der Waals surface area contributed by atoms with Crippen molar-refractivity contribution in [3.8, 4) is 34.1 Å². The molecule has 0 atom stereocenters. The molecule has 40 heavy (non-hydrogen) atoms. The maximum Gasteiger partial charge on any atom is 0.172 e. The van der Waals surface area contributed by atoms with Crippen molar-refractivity contribution in [2.45, 2.75) is 5.41 Å². The predicted molar refractivity (Wildman–Crippen MR) is 160 cm³/mol. The summed E-state index contributed by atoms with van der Waals surface area (Å²) in [4.78, 5) is 0. The highest BCUT2D eigenvalue weighted by Crippen LogP contribution is 2.56. The first-order valence-corrected chi connectivity index (χ1v) is 13.5. The second-order valence-electron chi connectivity index (χ2n) is 10.2. The molecule has 8 rings (SSSR count). The van der Waals surface area contributed by atoms with Gasteiger partial charge in [0.25, 0.3) is 0 Å². The van der Waals surface area contributed by atoms with Gasteiger partial charge in [-0.3, -0.25) is 0 Å². The highest BCUT2D eigenvalue weighted by atomic mass is 16.6. The summed E-state index contributed by atoms with van der Waals surface area (Å²) in [6.45, 7) is 0. The molecule has 6 aromatic carbocycles. The molecule has 0 amide bonds. The van der Waals surface area contributed by atoms with Crippen molar-refractivity contribution in [1.29, 1.82) is 0 Å². The van der Waals surface area contributed by atoms with E-state index in [2.05, 4.69) is 108 Å². The van der Waals surface area contributed by atoms with E-state index in [1.54, 1.807) is 0 Å². The van der Waals surface area contributed by atoms with Crippen molar-refractivity contribution >= 4 is 11.4 Å². The van der Waals surface area contributed by atoms with Crippen LogP contribution in [0.5, 0.6) is 23.0 Å². The van der Waals surface area contributed by atoms with E-state index in [4.69, 9.17) is 9.47 Å². The van der Waals surface area contributed by atoms with E-state index >= 15 is 0 Å². The van der Waals surface area contributed by atoms with Crippen molar-refractivity contribution in [3.63, 3.8) is 0 Å². The van der Waals surface area contributed by atoms with Crippen LogP contribution in [0.15, 0.2) is 146 Å². The number of anilines is 2. The van der Waals surface area contributed by atoms with Crippen molar-refractivity contribution in [1.82, 2.24) is 0 Å². The van der Waals surface area contributed by atoms with Gasteiger partial charge in [-0.2, -0.15) is 0 Å².